The number of ether oxygens (including phenoxy) is 2. The van der Waals surface area contributed by atoms with E-state index in [0.717, 1.165) is 0 Å². The van der Waals surface area contributed by atoms with Crippen LogP contribution in [0.25, 0.3) is 0 Å². The minimum Gasteiger partial charge on any atom is -0.493 e. The predicted molar refractivity (Wildman–Crippen MR) is 103 cm³/mol. The molecule has 0 aromatic heterocycles. The zero-order valence-electron chi connectivity index (χ0n) is 15.2. The molecule has 27 heavy (non-hydrogen) atoms. The number of anilines is 1. The molecule has 2 aromatic carbocycles. The zero-order valence-corrected chi connectivity index (χ0v) is 15.2. The summed E-state index contributed by atoms with van der Waals surface area (Å²) < 4.78 is 10.7. The minimum atomic E-state index is -0.347. The molecule has 0 spiro atoms. The summed E-state index contributed by atoms with van der Waals surface area (Å²) in [6.45, 7) is 2.27. The fraction of sp³-hybridized carbons (Fsp3) is 0.211. The number of nitrogen functional groups attached to an aromatic ring is 1. The molecule has 0 heterocycles. The molecule has 8 nitrogen and oxygen atoms in total. The van der Waals surface area contributed by atoms with Crippen molar-refractivity contribution < 1.29 is 19.1 Å². The van der Waals surface area contributed by atoms with Gasteiger partial charge in [0.2, 0.25) is 0 Å². The largest absolute Gasteiger partial charge is 0.493 e. The topological polar surface area (TPSA) is 115 Å². The number of nitrogens with one attached hydrogen (secondary N) is 2. The smallest absolute Gasteiger partial charge is 0.271 e. The molecule has 0 aliphatic heterocycles. The lowest BCUT2D eigenvalue weighted by Crippen LogP contribution is -2.28. The first-order chi connectivity index (χ1) is 13.0. The van der Waals surface area contributed by atoms with Crippen molar-refractivity contribution in [2.24, 2.45) is 5.10 Å². The molecule has 0 atom stereocenters. The van der Waals surface area contributed by atoms with Gasteiger partial charge in [-0.25, -0.2) is 5.43 Å². The van der Waals surface area contributed by atoms with Crippen LogP contribution in [0.15, 0.2) is 47.6 Å². The molecule has 8 heteroatoms. The molecular weight excluding hydrogens is 348 g/mol. The number of methoxy groups -OCH3 is 1. The van der Waals surface area contributed by atoms with E-state index in [4.69, 9.17) is 15.2 Å². The van der Waals surface area contributed by atoms with E-state index in [2.05, 4.69) is 15.8 Å². The second kappa shape index (κ2) is 9.81. The van der Waals surface area contributed by atoms with Crippen molar-refractivity contribution in [2.75, 3.05) is 26.0 Å². The van der Waals surface area contributed by atoms with Crippen molar-refractivity contribution in [2.45, 2.75) is 6.92 Å². The van der Waals surface area contributed by atoms with Crippen molar-refractivity contribution in [1.82, 2.24) is 10.7 Å². The van der Waals surface area contributed by atoms with Crippen molar-refractivity contribution >= 4 is 23.7 Å². The number of nitrogens with zero attached hydrogens (tertiary/aromatic N) is 1. The summed E-state index contributed by atoms with van der Waals surface area (Å²) in [5.41, 5.74) is 9.75. The molecule has 0 saturated carbocycles. The van der Waals surface area contributed by atoms with Crippen LogP contribution in [0.5, 0.6) is 11.5 Å². The average Bonchev–Trinajstić information content (AvgIpc) is 2.67. The molecule has 0 unspecified atom stereocenters. The summed E-state index contributed by atoms with van der Waals surface area (Å²) in [6, 6.07) is 11.6. The van der Waals surface area contributed by atoms with Crippen molar-refractivity contribution in [3.63, 3.8) is 0 Å². The van der Waals surface area contributed by atoms with Crippen molar-refractivity contribution in [3.05, 3.63) is 53.6 Å². The lowest BCUT2D eigenvalue weighted by Gasteiger charge is -2.11. The highest BCUT2D eigenvalue weighted by Gasteiger charge is 2.08. The van der Waals surface area contributed by atoms with Crippen LogP contribution >= 0.6 is 0 Å². The lowest BCUT2D eigenvalue weighted by molar-refractivity contribution is -0.123. The normalized spacial score (nSPS) is 10.4. The quantitative estimate of drug-likeness (QED) is 0.370. The van der Waals surface area contributed by atoms with Crippen LogP contribution in [-0.2, 0) is 4.79 Å². The van der Waals surface area contributed by atoms with Crippen LogP contribution in [0.2, 0.25) is 0 Å². The lowest BCUT2D eigenvalue weighted by atomic mass is 10.2. The van der Waals surface area contributed by atoms with Crippen LogP contribution in [0.1, 0.15) is 22.8 Å². The highest BCUT2D eigenvalue weighted by Crippen LogP contribution is 2.27. The molecular formula is C19H22N4O4. The number of rotatable bonds is 8. The monoisotopic (exact) mass is 370 g/mol. The number of likely N-dealkylation sites (N-methyl/N-ethyl adjacent to an activating group) is 1. The fourth-order valence-electron chi connectivity index (χ4n) is 2.14. The number of amides is 2. The Morgan fingerprint density at radius 2 is 1.89 bits per heavy atom. The highest BCUT2D eigenvalue weighted by molar-refractivity contribution is 5.95. The Morgan fingerprint density at radius 1 is 1.15 bits per heavy atom. The average molecular weight is 370 g/mol. The Morgan fingerprint density at radius 3 is 2.56 bits per heavy atom. The Kier molecular flexibility index (Phi) is 7.18. The number of hydrazone groups is 1. The Hall–Kier alpha value is -3.55. The van der Waals surface area contributed by atoms with E-state index >= 15 is 0 Å². The first kappa shape index (κ1) is 19.8. The van der Waals surface area contributed by atoms with Crippen LogP contribution in [0.3, 0.4) is 0 Å². The van der Waals surface area contributed by atoms with Gasteiger partial charge in [0.25, 0.3) is 11.8 Å². The minimum absolute atomic E-state index is 0.102. The summed E-state index contributed by atoms with van der Waals surface area (Å²) in [6.07, 6.45) is 1.48. The van der Waals surface area contributed by atoms with Crippen LogP contribution < -0.4 is 25.9 Å². The number of carbonyl (C=O) groups is 2. The Balaban J connectivity index is 1.97. The highest BCUT2D eigenvalue weighted by atomic mass is 16.5. The molecule has 0 saturated heterocycles. The number of hydrogen-bond acceptors (Lipinski definition) is 6. The molecule has 2 rings (SSSR count). The third kappa shape index (κ3) is 6.03. The second-order valence-corrected chi connectivity index (χ2v) is 5.47. The van der Waals surface area contributed by atoms with E-state index in [0.29, 0.717) is 34.9 Å². The predicted octanol–water partition coefficient (Wildman–Crippen LogP) is 1.56. The van der Waals surface area contributed by atoms with Gasteiger partial charge in [-0.3, -0.25) is 9.59 Å². The van der Waals surface area contributed by atoms with E-state index in [1.165, 1.54) is 13.3 Å². The van der Waals surface area contributed by atoms with Gasteiger partial charge in [-0.15, -0.1) is 0 Å². The molecule has 0 aliphatic carbocycles. The molecule has 0 bridgehead atoms. The molecule has 2 amide bonds. The first-order valence-electron chi connectivity index (χ1n) is 8.30. The maximum atomic E-state index is 12.0. The van der Waals surface area contributed by atoms with Crippen LogP contribution in [0.4, 0.5) is 5.69 Å². The molecule has 2 aromatic rings. The van der Waals surface area contributed by atoms with Gasteiger partial charge in [0.1, 0.15) is 0 Å². The third-order valence-corrected chi connectivity index (χ3v) is 3.47. The summed E-state index contributed by atoms with van der Waals surface area (Å²) in [4.78, 5) is 23.5. The second-order valence-electron chi connectivity index (χ2n) is 5.47. The maximum absolute atomic E-state index is 12.0. The SMILES string of the molecule is CCNC(=O)COc1ccc(/C=N\NC(=O)c2ccc(N)cc2)cc1OC. The van der Waals surface area contributed by atoms with E-state index in [1.54, 1.807) is 42.5 Å². The Labute approximate surface area is 157 Å². The van der Waals surface area contributed by atoms with Gasteiger partial charge in [-0.2, -0.15) is 5.10 Å². The van der Waals surface area contributed by atoms with E-state index < -0.39 is 0 Å². The number of carbonyl (C=O) groups excluding carboxylic acids is 2. The van der Waals surface area contributed by atoms with Gasteiger partial charge in [0, 0.05) is 17.8 Å². The molecule has 0 fully saturated rings. The first-order valence-corrected chi connectivity index (χ1v) is 8.30. The van der Waals surface area contributed by atoms with Crippen molar-refractivity contribution in [1.29, 1.82) is 0 Å². The van der Waals surface area contributed by atoms with Gasteiger partial charge in [-0.05, 0) is 55.0 Å². The van der Waals surface area contributed by atoms with Gasteiger partial charge in [0.15, 0.2) is 18.1 Å². The summed E-state index contributed by atoms with van der Waals surface area (Å²) in [5.74, 6) is 0.329. The standard InChI is InChI=1S/C19H22N4O4/c1-3-21-18(24)12-27-16-9-4-13(10-17(16)26-2)11-22-23-19(25)14-5-7-15(20)8-6-14/h4-11H,3,12,20H2,1-2H3,(H,21,24)(H,23,25)/b22-11-. The van der Waals surface area contributed by atoms with E-state index in [9.17, 15) is 9.59 Å². The molecule has 4 N–H and O–H groups in total. The maximum Gasteiger partial charge on any atom is 0.271 e. The number of hydrogen-bond donors (Lipinski definition) is 3. The molecule has 142 valence electrons. The van der Waals surface area contributed by atoms with Gasteiger partial charge < -0.3 is 20.5 Å². The van der Waals surface area contributed by atoms with Gasteiger partial charge in [-0.1, -0.05) is 0 Å². The zero-order chi connectivity index (χ0) is 19.6. The van der Waals surface area contributed by atoms with Crippen LogP contribution in [0, 0.1) is 0 Å². The van der Waals surface area contributed by atoms with E-state index in [-0.39, 0.29) is 18.4 Å². The summed E-state index contributed by atoms with van der Waals surface area (Å²) in [5, 5.41) is 6.57. The number of benzene rings is 2. The van der Waals surface area contributed by atoms with Crippen molar-refractivity contribution in [3.8, 4) is 11.5 Å². The van der Waals surface area contributed by atoms with E-state index in [1.807, 2.05) is 6.92 Å². The van der Waals surface area contributed by atoms with Crippen LogP contribution in [-0.4, -0.2) is 38.3 Å². The van der Waals surface area contributed by atoms with Gasteiger partial charge >= 0.3 is 0 Å². The molecule has 0 aliphatic rings. The number of nitrogens with two attached hydrogens (primary N) is 1. The summed E-state index contributed by atoms with van der Waals surface area (Å²) >= 11 is 0. The molecule has 0 radical (unpaired) electrons. The third-order valence-electron chi connectivity index (χ3n) is 3.47. The fourth-order valence-corrected chi connectivity index (χ4v) is 2.14. The Bertz CT molecular complexity index is 819. The van der Waals surface area contributed by atoms with Gasteiger partial charge in [0.05, 0.1) is 13.3 Å². The summed E-state index contributed by atoms with van der Waals surface area (Å²) in [7, 11) is 1.50.